The van der Waals surface area contributed by atoms with Crippen LogP contribution in [0.1, 0.15) is 19.3 Å². The first-order chi connectivity index (χ1) is 11.0. The fraction of sp³-hybridized carbons (Fsp3) is 0.643. The average Bonchev–Trinajstić information content (AvgIpc) is 3.14. The van der Waals surface area contributed by atoms with E-state index in [0.717, 1.165) is 4.57 Å². The number of carbonyl (C=O) groups excluding carboxylic acids is 1. The van der Waals surface area contributed by atoms with E-state index in [-0.39, 0.29) is 30.2 Å². The fourth-order valence-corrected chi connectivity index (χ4v) is 2.75. The molecule has 0 aliphatic carbocycles. The third-order valence-electron chi connectivity index (χ3n) is 3.99. The number of ether oxygens (including phenoxy) is 1. The van der Waals surface area contributed by atoms with Crippen LogP contribution in [0.4, 0.5) is 8.78 Å². The molecule has 23 heavy (non-hydrogen) atoms. The molecule has 0 spiro atoms. The number of nitrogens with zero attached hydrogens (tertiary/aromatic N) is 4. The number of aromatic nitrogens is 2. The number of likely N-dealkylation sites (tertiary alicyclic amines) is 1. The third-order valence-corrected chi connectivity index (χ3v) is 3.99. The minimum absolute atomic E-state index is 0.123. The number of aliphatic imine (C=N–C) groups is 1. The second kappa shape index (κ2) is 7.38. The molecule has 1 fully saturated rings. The van der Waals surface area contributed by atoms with E-state index in [9.17, 15) is 13.6 Å². The van der Waals surface area contributed by atoms with Crippen LogP contribution in [0.5, 0.6) is 0 Å². The van der Waals surface area contributed by atoms with E-state index in [4.69, 9.17) is 4.74 Å². The van der Waals surface area contributed by atoms with Crippen molar-refractivity contribution in [2.75, 3.05) is 27.2 Å². The van der Waals surface area contributed by atoms with Crippen LogP contribution < -0.4 is 5.32 Å². The summed E-state index contributed by atoms with van der Waals surface area (Å²) in [5.74, 6) is 0.430. The van der Waals surface area contributed by atoms with Gasteiger partial charge in [0.25, 0.3) is 0 Å². The number of guanidine groups is 1. The molecule has 2 heterocycles. The SMILES string of the molecule is CN=C(NCc1nccn1C(F)F)N1CC(C)C(C(=O)OC)C1. The van der Waals surface area contributed by atoms with Gasteiger partial charge in [0, 0.05) is 32.5 Å². The van der Waals surface area contributed by atoms with Gasteiger partial charge >= 0.3 is 12.5 Å². The highest BCUT2D eigenvalue weighted by atomic mass is 19.3. The summed E-state index contributed by atoms with van der Waals surface area (Å²) in [5.41, 5.74) is 0. The zero-order valence-corrected chi connectivity index (χ0v) is 13.4. The highest BCUT2D eigenvalue weighted by molar-refractivity contribution is 5.82. The zero-order valence-electron chi connectivity index (χ0n) is 13.4. The van der Waals surface area contributed by atoms with E-state index >= 15 is 0 Å². The maximum Gasteiger partial charge on any atom is 0.319 e. The normalized spacial score (nSPS) is 21.8. The van der Waals surface area contributed by atoms with Gasteiger partial charge in [-0.1, -0.05) is 6.92 Å². The molecule has 1 aliphatic heterocycles. The Hall–Kier alpha value is -2.19. The maximum absolute atomic E-state index is 12.8. The summed E-state index contributed by atoms with van der Waals surface area (Å²) in [6.45, 7) is 0.585. The molecule has 0 bridgehead atoms. The number of methoxy groups -OCH3 is 1. The number of hydrogen-bond acceptors (Lipinski definition) is 4. The second-order valence-corrected chi connectivity index (χ2v) is 5.44. The number of esters is 1. The predicted octanol–water partition coefficient (Wildman–Crippen LogP) is 1.09. The molecule has 1 aromatic rings. The molecule has 9 heteroatoms. The van der Waals surface area contributed by atoms with Gasteiger partial charge in [0.2, 0.25) is 0 Å². The number of alkyl halides is 2. The van der Waals surface area contributed by atoms with Crippen molar-refractivity contribution in [3.8, 4) is 0 Å². The van der Waals surface area contributed by atoms with E-state index in [1.807, 2.05) is 11.8 Å². The number of rotatable bonds is 4. The molecule has 2 rings (SSSR count). The van der Waals surface area contributed by atoms with Crippen molar-refractivity contribution in [3.63, 3.8) is 0 Å². The van der Waals surface area contributed by atoms with E-state index in [1.54, 1.807) is 7.05 Å². The first-order valence-corrected chi connectivity index (χ1v) is 7.31. The topological polar surface area (TPSA) is 71.8 Å². The van der Waals surface area contributed by atoms with Gasteiger partial charge in [-0.15, -0.1) is 0 Å². The fourth-order valence-electron chi connectivity index (χ4n) is 2.75. The van der Waals surface area contributed by atoms with Gasteiger partial charge in [0.1, 0.15) is 5.82 Å². The van der Waals surface area contributed by atoms with Gasteiger partial charge in [-0.2, -0.15) is 8.78 Å². The molecule has 1 aromatic heterocycles. The molecule has 1 aliphatic rings. The summed E-state index contributed by atoms with van der Waals surface area (Å²) in [4.78, 5) is 21.7. The summed E-state index contributed by atoms with van der Waals surface area (Å²) < 4.78 is 31.2. The maximum atomic E-state index is 12.8. The number of hydrogen-bond donors (Lipinski definition) is 1. The highest BCUT2D eigenvalue weighted by Crippen LogP contribution is 2.24. The summed E-state index contributed by atoms with van der Waals surface area (Å²) in [6, 6.07) is 0. The van der Waals surface area contributed by atoms with Crippen LogP contribution in [0.15, 0.2) is 17.4 Å². The molecule has 0 amide bonds. The van der Waals surface area contributed by atoms with Crippen molar-refractivity contribution in [3.05, 3.63) is 18.2 Å². The smallest absolute Gasteiger partial charge is 0.319 e. The Bertz CT molecular complexity index is 575. The van der Waals surface area contributed by atoms with Gasteiger partial charge in [-0.05, 0) is 5.92 Å². The second-order valence-electron chi connectivity index (χ2n) is 5.44. The lowest BCUT2D eigenvalue weighted by atomic mass is 9.99. The Kier molecular flexibility index (Phi) is 5.51. The molecule has 0 saturated carbocycles. The van der Waals surface area contributed by atoms with Crippen molar-refractivity contribution >= 4 is 11.9 Å². The third kappa shape index (κ3) is 3.77. The van der Waals surface area contributed by atoms with Crippen LogP contribution in [-0.2, 0) is 16.1 Å². The Labute approximate surface area is 133 Å². The van der Waals surface area contributed by atoms with Crippen LogP contribution in [0.2, 0.25) is 0 Å². The quantitative estimate of drug-likeness (QED) is 0.509. The lowest BCUT2D eigenvalue weighted by Gasteiger charge is -2.21. The van der Waals surface area contributed by atoms with Gasteiger partial charge < -0.3 is 15.0 Å². The minimum Gasteiger partial charge on any atom is -0.469 e. The van der Waals surface area contributed by atoms with Crippen LogP contribution >= 0.6 is 0 Å². The number of imidazole rings is 1. The Morgan fingerprint density at radius 2 is 2.30 bits per heavy atom. The standard InChI is InChI=1S/C14H21F2N5O2/c1-9-7-20(8-10(9)12(22)23-3)14(17-2)19-6-11-18-4-5-21(11)13(15)16/h4-5,9-10,13H,6-8H2,1-3H3,(H,17,19). The summed E-state index contributed by atoms with van der Waals surface area (Å²) >= 11 is 0. The van der Waals surface area contributed by atoms with E-state index in [2.05, 4.69) is 15.3 Å². The van der Waals surface area contributed by atoms with Gasteiger partial charge in [0.05, 0.1) is 19.6 Å². The van der Waals surface area contributed by atoms with Crippen molar-refractivity contribution in [1.82, 2.24) is 19.8 Å². The molecule has 128 valence electrons. The minimum atomic E-state index is -2.63. The van der Waals surface area contributed by atoms with E-state index in [1.165, 1.54) is 19.5 Å². The summed E-state index contributed by atoms with van der Waals surface area (Å²) in [7, 11) is 2.98. The first-order valence-electron chi connectivity index (χ1n) is 7.31. The highest BCUT2D eigenvalue weighted by Gasteiger charge is 2.36. The van der Waals surface area contributed by atoms with Crippen molar-refractivity contribution in [1.29, 1.82) is 0 Å². The zero-order chi connectivity index (χ0) is 17.0. The molecule has 1 N–H and O–H groups in total. The molecular weight excluding hydrogens is 308 g/mol. The number of carbonyl (C=O) groups is 1. The Balaban J connectivity index is 1.99. The largest absolute Gasteiger partial charge is 0.469 e. The number of nitrogens with one attached hydrogen (secondary N) is 1. The van der Waals surface area contributed by atoms with Gasteiger partial charge in [-0.25, -0.2) is 4.98 Å². The van der Waals surface area contributed by atoms with E-state index < -0.39 is 6.55 Å². The monoisotopic (exact) mass is 329 g/mol. The molecule has 2 unspecified atom stereocenters. The molecule has 0 aromatic carbocycles. The van der Waals surface area contributed by atoms with Crippen LogP contribution in [-0.4, -0.2) is 53.6 Å². The lowest BCUT2D eigenvalue weighted by Crippen LogP contribution is -2.40. The Morgan fingerprint density at radius 1 is 1.57 bits per heavy atom. The molecule has 1 saturated heterocycles. The van der Waals surface area contributed by atoms with Crippen LogP contribution in [0.25, 0.3) is 0 Å². The summed E-state index contributed by atoms with van der Waals surface area (Å²) in [6.07, 6.45) is 2.56. The molecule has 0 radical (unpaired) electrons. The van der Waals surface area contributed by atoms with Crippen molar-refractivity contribution in [2.45, 2.75) is 20.0 Å². The van der Waals surface area contributed by atoms with Gasteiger partial charge in [0.15, 0.2) is 5.96 Å². The predicted molar refractivity (Wildman–Crippen MR) is 79.9 cm³/mol. The van der Waals surface area contributed by atoms with Gasteiger partial charge in [-0.3, -0.25) is 14.4 Å². The molecular formula is C14H21F2N5O2. The van der Waals surface area contributed by atoms with E-state index in [0.29, 0.717) is 19.0 Å². The molecule has 7 nitrogen and oxygen atoms in total. The Morgan fingerprint density at radius 3 is 2.91 bits per heavy atom. The van der Waals surface area contributed by atoms with Crippen LogP contribution in [0, 0.1) is 11.8 Å². The molecule has 2 atom stereocenters. The lowest BCUT2D eigenvalue weighted by molar-refractivity contribution is -0.145. The summed E-state index contributed by atoms with van der Waals surface area (Å²) in [5, 5.41) is 3.01. The average molecular weight is 329 g/mol. The number of halogens is 2. The van der Waals surface area contributed by atoms with Crippen molar-refractivity contribution < 1.29 is 18.3 Å². The first kappa shape index (κ1) is 17.2. The van der Waals surface area contributed by atoms with Crippen molar-refractivity contribution in [2.24, 2.45) is 16.8 Å². The van der Waals surface area contributed by atoms with Crippen LogP contribution in [0.3, 0.4) is 0 Å².